The number of carbonyl (C=O) groups is 3. The molecule has 0 radical (unpaired) electrons. The molecule has 3 aliphatic carbocycles. The predicted molar refractivity (Wildman–Crippen MR) is 176 cm³/mol. The van der Waals surface area contributed by atoms with Crippen LogP contribution in [0.2, 0.25) is 0 Å². The summed E-state index contributed by atoms with van der Waals surface area (Å²) in [5, 5.41) is 24.1. The molecule has 47 heavy (non-hydrogen) atoms. The third-order valence-electron chi connectivity index (χ3n) is 9.49. The van der Waals surface area contributed by atoms with E-state index in [9.17, 15) is 24.6 Å². The molecule has 0 bridgehead atoms. The SMILES string of the molecule is CN(C)c1ccc(OCc2ccccc2)c2c1C[C@H]1C[C@H]3C(N(C)C)C(OCc4ccccc4)=C(C(N)=O)C(=O)[C@@]3(O)C(=O)C1=C2O. The molecule has 0 spiro atoms. The number of aliphatic hydroxyl groups is 2. The standard InChI is InChI=1S/C37H39N3O7/c1-39(2)26-15-16-27(46-19-21-11-7-5-8-12-21)29-24(26)17-23-18-25-31(40(3)4)33(47-20-22-13-9-6-10-14-22)30(36(38)44)35(43)37(25,45)34(42)28(23)32(29)41/h5-16,23,25,31,41,45H,17-20H2,1-4H3,(H2,38,44)/t23-,25-,31?,37-/m0/s1. The number of likely N-dealkylation sites (N-methyl/N-ethyl adjacent to an activating group) is 1. The Hall–Kier alpha value is -4.93. The molecular weight excluding hydrogens is 598 g/mol. The highest BCUT2D eigenvalue weighted by atomic mass is 16.5. The Balaban J connectivity index is 1.46. The zero-order valence-corrected chi connectivity index (χ0v) is 26.9. The van der Waals surface area contributed by atoms with Crippen LogP contribution in [0.5, 0.6) is 5.75 Å². The van der Waals surface area contributed by atoms with E-state index >= 15 is 0 Å². The molecule has 3 aromatic rings. The molecule has 244 valence electrons. The first-order chi connectivity index (χ1) is 22.4. The van der Waals surface area contributed by atoms with Gasteiger partial charge in [0.25, 0.3) is 5.91 Å². The fraction of sp³-hybridized carbons (Fsp3) is 0.324. The molecule has 10 heteroatoms. The summed E-state index contributed by atoms with van der Waals surface area (Å²) in [6.45, 7) is 0.270. The number of nitrogens with zero attached hydrogens (tertiary/aromatic N) is 2. The van der Waals surface area contributed by atoms with Crippen LogP contribution in [0.25, 0.3) is 5.76 Å². The minimum Gasteiger partial charge on any atom is -0.507 e. The number of nitrogens with two attached hydrogens (primary N) is 1. The quantitative estimate of drug-likeness (QED) is 0.237. The summed E-state index contributed by atoms with van der Waals surface area (Å²) in [5.41, 5.74) is 6.20. The maximum atomic E-state index is 14.5. The first kappa shape index (κ1) is 32.0. The summed E-state index contributed by atoms with van der Waals surface area (Å²) in [4.78, 5) is 45.2. The van der Waals surface area contributed by atoms with Crippen molar-refractivity contribution in [1.82, 2.24) is 4.90 Å². The average Bonchev–Trinajstić information content (AvgIpc) is 3.04. The smallest absolute Gasteiger partial charge is 0.255 e. The molecule has 0 saturated heterocycles. The van der Waals surface area contributed by atoms with Crippen LogP contribution in [0, 0.1) is 11.8 Å². The number of carbonyl (C=O) groups excluding carboxylic acids is 3. The molecule has 3 aromatic carbocycles. The third kappa shape index (κ3) is 5.37. The lowest BCUT2D eigenvalue weighted by molar-refractivity contribution is -0.162. The number of hydrogen-bond donors (Lipinski definition) is 3. The number of primary amides is 1. The molecule has 1 fully saturated rings. The lowest BCUT2D eigenvalue weighted by atomic mass is 9.57. The Kier molecular flexibility index (Phi) is 8.42. The summed E-state index contributed by atoms with van der Waals surface area (Å²) in [6, 6.07) is 21.6. The van der Waals surface area contributed by atoms with Crippen molar-refractivity contribution in [3.63, 3.8) is 0 Å². The first-order valence-corrected chi connectivity index (χ1v) is 15.6. The van der Waals surface area contributed by atoms with Crippen LogP contribution in [0.1, 0.15) is 28.7 Å². The maximum absolute atomic E-state index is 14.5. The largest absolute Gasteiger partial charge is 0.507 e. The lowest BCUT2D eigenvalue weighted by Crippen LogP contribution is -2.67. The Labute approximate surface area is 273 Å². The van der Waals surface area contributed by atoms with Crippen LogP contribution in [0.4, 0.5) is 5.69 Å². The number of hydrogen-bond acceptors (Lipinski definition) is 9. The molecule has 1 unspecified atom stereocenters. The molecule has 4 atom stereocenters. The Morgan fingerprint density at radius 1 is 0.894 bits per heavy atom. The van der Waals surface area contributed by atoms with Gasteiger partial charge in [-0.05, 0) is 61.7 Å². The summed E-state index contributed by atoms with van der Waals surface area (Å²) >= 11 is 0. The highest BCUT2D eigenvalue weighted by Crippen LogP contribution is 2.53. The number of benzene rings is 3. The highest BCUT2D eigenvalue weighted by Gasteiger charge is 2.65. The van der Waals surface area contributed by atoms with E-state index < -0.39 is 46.5 Å². The third-order valence-corrected chi connectivity index (χ3v) is 9.49. The van der Waals surface area contributed by atoms with Crippen LogP contribution in [0.15, 0.2) is 89.7 Å². The van der Waals surface area contributed by atoms with Gasteiger partial charge in [0, 0.05) is 31.3 Å². The molecular formula is C37H39N3O7. The van der Waals surface area contributed by atoms with Crippen LogP contribution >= 0.6 is 0 Å². The molecule has 0 aliphatic heterocycles. The fourth-order valence-corrected chi connectivity index (χ4v) is 7.36. The lowest BCUT2D eigenvalue weighted by Gasteiger charge is -2.50. The maximum Gasteiger partial charge on any atom is 0.255 e. The van der Waals surface area contributed by atoms with E-state index in [4.69, 9.17) is 15.2 Å². The number of anilines is 1. The zero-order chi connectivity index (χ0) is 33.6. The predicted octanol–water partition coefficient (Wildman–Crippen LogP) is 3.56. The van der Waals surface area contributed by atoms with Gasteiger partial charge in [-0.3, -0.25) is 19.3 Å². The fourth-order valence-electron chi connectivity index (χ4n) is 7.36. The van der Waals surface area contributed by atoms with Gasteiger partial charge in [0.15, 0.2) is 5.60 Å². The van der Waals surface area contributed by atoms with E-state index in [0.717, 1.165) is 22.4 Å². The molecule has 6 rings (SSSR count). The van der Waals surface area contributed by atoms with Crippen molar-refractivity contribution in [2.45, 2.75) is 37.7 Å². The van der Waals surface area contributed by atoms with Crippen molar-refractivity contribution in [3.05, 3.63) is 112 Å². The van der Waals surface area contributed by atoms with Crippen LogP contribution in [0.3, 0.4) is 0 Å². The first-order valence-electron chi connectivity index (χ1n) is 15.6. The Bertz CT molecular complexity index is 1800. The van der Waals surface area contributed by atoms with Crippen molar-refractivity contribution < 1.29 is 34.1 Å². The summed E-state index contributed by atoms with van der Waals surface area (Å²) in [7, 11) is 7.26. The van der Waals surface area contributed by atoms with Gasteiger partial charge in [0.05, 0.1) is 11.6 Å². The monoisotopic (exact) mass is 637 g/mol. The minimum atomic E-state index is -2.65. The van der Waals surface area contributed by atoms with E-state index in [2.05, 4.69) is 0 Å². The number of ketones is 2. The van der Waals surface area contributed by atoms with E-state index in [1.54, 1.807) is 25.1 Å². The Morgan fingerprint density at radius 2 is 1.49 bits per heavy atom. The van der Waals surface area contributed by atoms with E-state index in [1.165, 1.54) is 0 Å². The van der Waals surface area contributed by atoms with Crippen molar-refractivity contribution in [3.8, 4) is 5.75 Å². The van der Waals surface area contributed by atoms with Crippen molar-refractivity contribution >= 4 is 28.9 Å². The van der Waals surface area contributed by atoms with Gasteiger partial charge in [0.1, 0.15) is 36.1 Å². The van der Waals surface area contributed by atoms with Crippen molar-refractivity contribution in [2.75, 3.05) is 33.1 Å². The Morgan fingerprint density at radius 3 is 2.04 bits per heavy atom. The zero-order valence-electron chi connectivity index (χ0n) is 26.9. The second kappa shape index (κ2) is 12.4. The van der Waals surface area contributed by atoms with Crippen LogP contribution in [-0.4, -0.2) is 72.4 Å². The molecule has 1 saturated carbocycles. The second-order valence-corrected chi connectivity index (χ2v) is 12.8. The summed E-state index contributed by atoms with van der Waals surface area (Å²) < 4.78 is 12.4. The number of amides is 1. The number of fused-ring (bicyclic) bond motifs is 3. The number of Topliss-reactive ketones (excluding diaryl/α,β-unsaturated/α-hetero) is 2. The molecule has 10 nitrogen and oxygen atoms in total. The van der Waals surface area contributed by atoms with Gasteiger partial charge in [0.2, 0.25) is 11.6 Å². The van der Waals surface area contributed by atoms with Crippen molar-refractivity contribution in [2.24, 2.45) is 17.6 Å². The van der Waals surface area contributed by atoms with E-state index in [1.807, 2.05) is 85.7 Å². The van der Waals surface area contributed by atoms with Gasteiger partial charge in [-0.1, -0.05) is 60.7 Å². The van der Waals surface area contributed by atoms with Crippen molar-refractivity contribution in [1.29, 1.82) is 0 Å². The highest BCUT2D eigenvalue weighted by molar-refractivity contribution is 6.33. The molecule has 0 aromatic heterocycles. The number of rotatable bonds is 9. The normalized spacial score (nSPS) is 23.7. The van der Waals surface area contributed by atoms with Crippen LogP contribution < -0.4 is 15.4 Å². The number of aliphatic hydroxyl groups excluding tert-OH is 1. The summed E-state index contributed by atoms with van der Waals surface area (Å²) in [6.07, 6.45) is 0.506. The van der Waals surface area contributed by atoms with Gasteiger partial charge in [-0.15, -0.1) is 0 Å². The minimum absolute atomic E-state index is 0.0252. The van der Waals surface area contributed by atoms with E-state index in [-0.39, 0.29) is 36.7 Å². The molecule has 4 N–H and O–H groups in total. The van der Waals surface area contributed by atoms with Crippen LogP contribution in [-0.2, 0) is 38.8 Å². The second-order valence-electron chi connectivity index (χ2n) is 12.8. The van der Waals surface area contributed by atoms with E-state index in [0.29, 0.717) is 17.7 Å². The van der Waals surface area contributed by atoms with Gasteiger partial charge in [-0.25, -0.2) is 0 Å². The van der Waals surface area contributed by atoms with Gasteiger partial charge in [-0.2, -0.15) is 0 Å². The number of ether oxygens (including phenoxy) is 2. The molecule has 3 aliphatic rings. The molecule has 0 heterocycles. The average molecular weight is 638 g/mol. The summed E-state index contributed by atoms with van der Waals surface area (Å²) in [5.74, 6) is -4.64. The molecule has 1 amide bonds. The van der Waals surface area contributed by atoms with Gasteiger partial charge < -0.3 is 30.3 Å². The topological polar surface area (TPSA) is 143 Å². The van der Waals surface area contributed by atoms with Gasteiger partial charge >= 0.3 is 0 Å².